The number of likely N-dealkylation sites (tertiary alicyclic amines) is 1. The van der Waals surface area contributed by atoms with Crippen LogP contribution in [-0.4, -0.2) is 169 Å². The Bertz CT molecular complexity index is 2980. The Balaban J connectivity index is 1.43. The summed E-state index contributed by atoms with van der Waals surface area (Å²) in [5.41, 5.74) is 8.00. The molecule has 1 aromatic heterocycles. The Labute approximate surface area is 563 Å². The molecular weight excluding hydrogens is 1210 g/mol. The largest absolute Gasteiger partial charge is 0.379 e. The number of primary amides is 1. The van der Waals surface area contributed by atoms with Crippen LogP contribution >= 0.6 is 11.8 Å². The van der Waals surface area contributed by atoms with Crippen LogP contribution in [0.5, 0.6) is 0 Å². The maximum absolute atomic E-state index is 14.7. The second kappa shape index (κ2) is 40.4. The minimum absolute atomic E-state index is 0.0171. The molecule has 1 aliphatic heterocycles. The summed E-state index contributed by atoms with van der Waals surface area (Å²) in [4.78, 5) is 138. The number of carbonyl (C=O) groups excluding carboxylic acids is 9. The lowest BCUT2D eigenvalue weighted by Gasteiger charge is -2.41. The normalized spacial score (nSPS) is 16.3. The topological polar surface area (TPSA) is 282 Å². The monoisotopic (exact) mass is 1320 g/mol. The smallest absolute Gasteiger partial charge is 0.312 e. The van der Waals surface area contributed by atoms with E-state index >= 15 is 0 Å². The van der Waals surface area contributed by atoms with Gasteiger partial charge in [-0.25, -0.2) is 14.8 Å². The predicted octanol–water partition coefficient (Wildman–Crippen LogP) is 8.70. The van der Waals surface area contributed by atoms with Crippen LogP contribution in [0.25, 0.3) is 0 Å². The maximum Gasteiger partial charge on any atom is 0.312 e. The number of nitrogens with zero attached hydrogens (tertiary/aromatic N) is 5. The zero-order valence-electron chi connectivity index (χ0n) is 58.5. The number of aromatic nitrogens is 2. The quantitative estimate of drug-likeness (QED) is 0.0154. The van der Waals surface area contributed by atoms with Gasteiger partial charge in [0.15, 0.2) is 16.7 Å². The lowest BCUT2D eigenvalue weighted by molar-refractivity contribution is -0.149. The van der Waals surface area contributed by atoms with Gasteiger partial charge < -0.3 is 46.3 Å². The van der Waals surface area contributed by atoms with E-state index in [1.54, 1.807) is 74.6 Å². The number of nitrogens with two attached hydrogens (primary N) is 1. The highest BCUT2D eigenvalue weighted by molar-refractivity contribution is 7.98. The van der Waals surface area contributed by atoms with E-state index in [4.69, 9.17) is 15.2 Å². The number of unbranched alkanes of at least 4 members (excludes halogenated alkanes) is 1. The molecule has 0 spiro atoms. The Morgan fingerprint density at radius 2 is 1.41 bits per heavy atom. The molecule has 94 heavy (non-hydrogen) atoms. The molecular formula is C72H108N10O11S. The highest BCUT2D eigenvalue weighted by Gasteiger charge is 2.44. The summed E-state index contributed by atoms with van der Waals surface area (Å²) in [6.07, 6.45) is 7.57. The first-order valence-corrected chi connectivity index (χ1v) is 34.6. The maximum atomic E-state index is 14.7. The molecule has 1 saturated heterocycles. The van der Waals surface area contributed by atoms with E-state index < -0.39 is 65.9 Å². The van der Waals surface area contributed by atoms with E-state index in [1.165, 1.54) is 11.8 Å². The van der Waals surface area contributed by atoms with Gasteiger partial charge in [0, 0.05) is 115 Å². The van der Waals surface area contributed by atoms with Gasteiger partial charge in [-0.3, -0.25) is 43.3 Å². The van der Waals surface area contributed by atoms with Crippen molar-refractivity contribution in [2.24, 2.45) is 53.1 Å². The first kappa shape index (κ1) is 79.4. The van der Waals surface area contributed by atoms with Crippen molar-refractivity contribution in [1.82, 2.24) is 40.6 Å². The molecule has 1 aliphatic rings. The number of ether oxygens (including phenoxy) is 2. The molecule has 0 aliphatic carbocycles. The number of thioether (sulfide) groups is 1. The second-order valence-electron chi connectivity index (χ2n) is 26.4. The molecule has 4 rings (SSSR count). The highest BCUT2D eigenvalue weighted by Crippen LogP contribution is 2.33. The van der Waals surface area contributed by atoms with Crippen molar-refractivity contribution in [1.29, 1.82) is 0 Å². The molecule has 0 radical (unpaired) electrons. The number of urea groups is 1. The van der Waals surface area contributed by atoms with Crippen molar-refractivity contribution in [3.05, 3.63) is 83.7 Å². The van der Waals surface area contributed by atoms with Crippen LogP contribution in [-0.2, 0) is 60.8 Å². The number of anilines is 1. The summed E-state index contributed by atoms with van der Waals surface area (Å²) in [5.74, 6) is 0.929. The first-order valence-electron chi connectivity index (χ1n) is 33.4. The number of carbonyl (C=O) groups is 9. The third kappa shape index (κ3) is 24.9. The van der Waals surface area contributed by atoms with Gasteiger partial charge in [-0.1, -0.05) is 135 Å². The van der Waals surface area contributed by atoms with E-state index in [0.717, 1.165) is 5.56 Å². The Morgan fingerprint density at radius 1 is 0.755 bits per heavy atom. The number of methoxy groups -OCH3 is 2. The van der Waals surface area contributed by atoms with E-state index in [1.807, 2.05) is 111 Å². The van der Waals surface area contributed by atoms with Crippen molar-refractivity contribution in [2.75, 3.05) is 60.0 Å². The third-order valence-electron chi connectivity index (χ3n) is 18.2. The van der Waals surface area contributed by atoms with Gasteiger partial charge in [0.1, 0.15) is 5.78 Å². The predicted molar refractivity (Wildman–Crippen MR) is 368 cm³/mol. The standard InChI is InChI=1S/C72H108N10O11S/c1-16-48(8)66(81(12)70(90)56(45(2)3)40-60(85)65(47(6)7)80(10)11)61(92-13)41-63(87)82-36-24-29-57(82)67(93-14)49(9)58(83)39-54(37-50-25-19-17-20-26-50)68(88)75-42-51-31-33-55(34-32-51)78-69(89)53(28-23-35-74-71(73)91)38-59(84)64(46(4)5)79-62(86)30-22-18-21-27-52-43-76-72(94-15)77-44-52/h17,19-20,25-26,31-34,43-49,53-54,56-57,61,64-67H,16,18,22-24,28-30,35-42H2,1-15H3,(H,75,88)(H,78,89)(H,79,86)(H3,73,74,91)/t48-,49-,53+,54+,56-,57-,61+,64-,65-,66-,67+/m0/s1. The molecule has 6 N–H and O–H groups in total. The summed E-state index contributed by atoms with van der Waals surface area (Å²) < 4.78 is 12.3. The zero-order valence-corrected chi connectivity index (χ0v) is 59.3. The molecule has 7 amide bonds. The van der Waals surface area contributed by atoms with Crippen molar-refractivity contribution in [2.45, 2.75) is 194 Å². The number of rotatable bonds is 40. The van der Waals surface area contributed by atoms with Crippen LogP contribution in [0.3, 0.4) is 0 Å². The summed E-state index contributed by atoms with van der Waals surface area (Å²) in [7, 11) is 8.62. The molecule has 2 aromatic carbocycles. The van der Waals surface area contributed by atoms with Crippen molar-refractivity contribution in [3.63, 3.8) is 0 Å². The molecule has 0 saturated carbocycles. The van der Waals surface area contributed by atoms with Gasteiger partial charge in [0.2, 0.25) is 29.5 Å². The molecule has 518 valence electrons. The molecule has 0 unspecified atom stereocenters. The second-order valence-corrected chi connectivity index (χ2v) is 27.2. The van der Waals surface area contributed by atoms with Crippen LogP contribution in [0.1, 0.15) is 156 Å². The fraction of sp³-hybridized carbons (Fsp3) is 0.625. The number of Topliss-reactive ketones (excluding diaryl/α,β-unsaturated/α-hetero) is 3. The third-order valence-corrected chi connectivity index (χ3v) is 18.7. The Kier molecular flexibility index (Phi) is 34.1. The summed E-state index contributed by atoms with van der Waals surface area (Å²) in [5, 5.41) is 12.0. The molecule has 11 atom stereocenters. The van der Waals surface area contributed by atoms with Crippen LogP contribution in [0.4, 0.5) is 10.5 Å². The number of benzene rings is 2. The van der Waals surface area contributed by atoms with Crippen LogP contribution in [0, 0.1) is 59.2 Å². The number of amides is 7. The lowest BCUT2D eigenvalue weighted by atomic mass is 9.83. The van der Waals surface area contributed by atoms with Crippen molar-refractivity contribution >= 4 is 70.4 Å². The number of likely N-dealkylation sites (N-methyl/N-ethyl adjacent to an activating group) is 2. The van der Waals surface area contributed by atoms with Crippen LogP contribution in [0.2, 0.25) is 0 Å². The molecule has 0 bridgehead atoms. The van der Waals surface area contributed by atoms with Gasteiger partial charge in [0.25, 0.3) is 0 Å². The summed E-state index contributed by atoms with van der Waals surface area (Å²) >= 11 is 1.43. The lowest BCUT2D eigenvalue weighted by Crippen LogP contribution is -2.54. The van der Waals surface area contributed by atoms with Gasteiger partial charge in [-0.15, -0.1) is 0 Å². The van der Waals surface area contributed by atoms with Gasteiger partial charge >= 0.3 is 6.03 Å². The molecule has 21 nitrogen and oxygen atoms in total. The van der Waals surface area contributed by atoms with Crippen molar-refractivity contribution < 1.29 is 52.6 Å². The summed E-state index contributed by atoms with van der Waals surface area (Å²) in [6, 6.07) is 13.6. The minimum atomic E-state index is -0.847. The van der Waals surface area contributed by atoms with E-state index in [0.29, 0.717) is 67.0 Å². The Hall–Kier alpha value is -7.06. The number of hydrogen-bond acceptors (Lipinski definition) is 15. The van der Waals surface area contributed by atoms with Gasteiger partial charge in [-0.05, 0) is 106 Å². The molecule has 3 aromatic rings. The van der Waals surface area contributed by atoms with E-state index in [9.17, 15) is 43.2 Å². The van der Waals surface area contributed by atoms with E-state index in [-0.39, 0.29) is 129 Å². The molecule has 22 heteroatoms. The first-order chi connectivity index (χ1) is 44.6. The average Bonchev–Trinajstić information content (AvgIpc) is 1.43. The molecule has 1 fully saturated rings. The van der Waals surface area contributed by atoms with Crippen LogP contribution in [0.15, 0.2) is 72.1 Å². The zero-order chi connectivity index (χ0) is 69.8. The number of hydrogen-bond donors (Lipinski definition) is 5. The SMILES string of the molecule is CC[C@H](C)[C@@H]([C@@H](CC(=O)N1CCC[C@H]1[C@H](OC)[C@@H](C)C(=O)C[C@@H](Cc1ccccc1)C(=O)NCc1ccc(NC(=O)[C@H](CCCNC(N)=O)CC(=O)[C@@H](NC(=O)CCCC#Cc2cnc(SC)nc2)C(C)C)cc1)OC)N(C)C(=O)[C@@H](CC(=O)[C@H](C(C)C)N(C)C)C(C)C. The molecule has 2 heterocycles. The van der Waals surface area contributed by atoms with Gasteiger partial charge in [0.05, 0.1) is 48.4 Å². The number of nitrogens with one attached hydrogen (secondary N) is 4. The van der Waals surface area contributed by atoms with Crippen LogP contribution < -0.4 is 27.0 Å². The Morgan fingerprint density at radius 3 is 1.99 bits per heavy atom. The highest BCUT2D eigenvalue weighted by atomic mass is 32.2. The van der Waals surface area contributed by atoms with E-state index in [2.05, 4.69) is 43.1 Å². The number of ketones is 3. The minimum Gasteiger partial charge on any atom is -0.379 e. The summed E-state index contributed by atoms with van der Waals surface area (Å²) in [6.45, 7) is 18.2. The van der Waals surface area contributed by atoms with Gasteiger partial charge in [-0.2, -0.15) is 0 Å². The average molecular weight is 1320 g/mol. The van der Waals surface area contributed by atoms with Crippen molar-refractivity contribution in [3.8, 4) is 11.8 Å². The fourth-order valence-electron chi connectivity index (χ4n) is 12.8. The fourth-order valence-corrected chi connectivity index (χ4v) is 13.1.